The number of nitrogen functional groups attached to an aromatic ring is 1. The Hall–Kier alpha value is -1.18. The first-order chi connectivity index (χ1) is 7.70. The van der Waals surface area contributed by atoms with Crippen LogP contribution in [0.3, 0.4) is 0 Å². The van der Waals surface area contributed by atoms with E-state index in [9.17, 15) is 0 Å². The van der Waals surface area contributed by atoms with Gasteiger partial charge in [-0.25, -0.2) is 0 Å². The topological polar surface area (TPSA) is 100 Å². The van der Waals surface area contributed by atoms with E-state index in [0.717, 1.165) is 13.1 Å². The summed E-state index contributed by atoms with van der Waals surface area (Å²) < 4.78 is 0. The number of anilines is 2. The average Bonchev–Trinajstić information content (AvgIpc) is 2.33. The molecule has 0 spiro atoms. The molecule has 0 aromatic carbocycles. The lowest BCUT2D eigenvalue weighted by Gasteiger charge is -2.32. The molecule has 7 nitrogen and oxygen atoms in total. The summed E-state index contributed by atoms with van der Waals surface area (Å²) in [5.41, 5.74) is 5.56. The van der Waals surface area contributed by atoms with E-state index in [1.54, 1.807) is 0 Å². The molecule has 88 valence electrons. The van der Waals surface area contributed by atoms with Gasteiger partial charge in [0.1, 0.15) is 0 Å². The Bertz CT molecular complexity index is 376. The van der Waals surface area contributed by atoms with E-state index in [1.807, 2.05) is 4.90 Å². The number of piperazine rings is 1. The van der Waals surface area contributed by atoms with Gasteiger partial charge in [0.25, 0.3) is 0 Å². The lowest BCUT2D eigenvalue weighted by atomic mass is 10.2. The van der Waals surface area contributed by atoms with Crippen molar-refractivity contribution in [2.45, 2.75) is 6.04 Å². The van der Waals surface area contributed by atoms with E-state index in [4.69, 9.17) is 22.4 Å². The van der Waals surface area contributed by atoms with Crippen LogP contribution in [0.4, 0.5) is 11.8 Å². The van der Waals surface area contributed by atoms with E-state index in [1.165, 1.54) is 0 Å². The summed E-state index contributed by atoms with van der Waals surface area (Å²) in [6, 6.07) is 0.0225. The fourth-order valence-corrected chi connectivity index (χ4v) is 1.66. The number of hydrogen-bond acceptors (Lipinski definition) is 7. The van der Waals surface area contributed by atoms with Crippen molar-refractivity contribution in [1.29, 1.82) is 0 Å². The Morgan fingerprint density at radius 2 is 2.38 bits per heavy atom. The maximum atomic E-state index is 9.06. The minimum absolute atomic E-state index is 0.0225. The molecule has 0 saturated carbocycles. The number of hydrogen-bond donors (Lipinski definition) is 3. The van der Waals surface area contributed by atoms with Gasteiger partial charge in [-0.15, -0.1) is 10.2 Å². The molecule has 1 fully saturated rings. The fraction of sp³-hybridized carbons (Fsp3) is 0.625. The average molecular weight is 245 g/mol. The molecule has 0 radical (unpaired) electrons. The minimum Gasteiger partial charge on any atom is -0.395 e. The maximum absolute atomic E-state index is 9.06. The van der Waals surface area contributed by atoms with Crippen molar-refractivity contribution in [1.82, 2.24) is 20.5 Å². The predicted molar refractivity (Wildman–Crippen MR) is 60.3 cm³/mol. The molecule has 0 amide bonds. The van der Waals surface area contributed by atoms with Crippen LogP contribution in [0.25, 0.3) is 0 Å². The van der Waals surface area contributed by atoms with E-state index in [0.29, 0.717) is 12.5 Å². The van der Waals surface area contributed by atoms with Gasteiger partial charge in [-0.05, 0) is 0 Å². The van der Waals surface area contributed by atoms with Crippen molar-refractivity contribution in [3.63, 3.8) is 0 Å². The number of nitrogens with zero attached hydrogens (tertiary/aromatic N) is 4. The molecule has 1 aromatic rings. The first-order valence-electron chi connectivity index (χ1n) is 4.95. The van der Waals surface area contributed by atoms with Crippen LogP contribution in [0.15, 0.2) is 0 Å². The summed E-state index contributed by atoms with van der Waals surface area (Å²) in [5.74, 6) is 0.618. The molecule has 4 N–H and O–H groups in total. The lowest BCUT2D eigenvalue weighted by Crippen LogP contribution is -2.52. The third-order valence-corrected chi connectivity index (χ3v) is 2.69. The van der Waals surface area contributed by atoms with Gasteiger partial charge in [0, 0.05) is 25.7 Å². The third-order valence-electron chi connectivity index (χ3n) is 2.42. The number of aliphatic hydroxyl groups excluding tert-OH is 1. The zero-order chi connectivity index (χ0) is 11.5. The molecule has 2 heterocycles. The number of rotatable bonds is 2. The van der Waals surface area contributed by atoms with Gasteiger partial charge in [0.15, 0.2) is 11.0 Å². The molecular weight excluding hydrogens is 232 g/mol. The maximum Gasteiger partial charge on any atom is 0.247 e. The van der Waals surface area contributed by atoms with Crippen LogP contribution in [-0.2, 0) is 0 Å². The normalized spacial score (nSPS) is 21.1. The first kappa shape index (κ1) is 11.3. The van der Waals surface area contributed by atoms with Gasteiger partial charge >= 0.3 is 0 Å². The van der Waals surface area contributed by atoms with Gasteiger partial charge in [0.2, 0.25) is 5.95 Å². The Labute approximate surface area is 97.6 Å². The third kappa shape index (κ3) is 2.31. The second-order valence-electron chi connectivity index (χ2n) is 3.57. The van der Waals surface area contributed by atoms with Crippen molar-refractivity contribution in [2.24, 2.45) is 0 Å². The second-order valence-corrected chi connectivity index (χ2v) is 3.93. The summed E-state index contributed by atoms with van der Waals surface area (Å²) >= 11 is 5.64. The van der Waals surface area contributed by atoms with Crippen LogP contribution in [0.5, 0.6) is 0 Å². The van der Waals surface area contributed by atoms with Crippen molar-refractivity contribution < 1.29 is 5.11 Å². The lowest BCUT2D eigenvalue weighted by molar-refractivity contribution is 0.235. The van der Waals surface area contributed by atoms with Crippen molar-refractivity contribution in [3.8, 4) is 0 Å². The molecular formula is C8H13ClN6O. The number of aromatic nitrogens is 3. The summed E-state index contributed by atoms with van der Waals surface area (Å²) in [7, 11) is 0. The molecule has 1 aromatic heterocycles. The second kappa shape index (κ2) is 4.77. The number of nitrogens with one attached hydrogen (secondary N) is 1. The zero-order valence-electron chi connectivity index (χ0n) is 8.60. The Balaban J connectivity index is 2.13. The van der Waals surface area contributed by atoms with Crippen molar-refractivity contribution >= 4 is 23.4 Å². The van der Waals surface area contributed by atoms with E-state index in [-0.39, 0.29) is 23.6 Å². The predicted octanol–water partition coefficient (Wildman–Crippen LogP) is -1.12. The van der Waals surface area contributed by atoms with E-state index < -0.39 is 0 Å². The van der Waals surface area contributed by atoms with Crippen LogP contribution in [-0.4, -0.2) is 52.6 Å². The highest BCUT2D eigenvalue weighted by Crippen LogP contribution is 2.15. The molecule has 1 atom stereocenters. The summed E-state index contributed by atoms with van der Waals surface area (Å²) in [6.45, 7) is 2.21. The highest BCUT2D eigenvalue weighted by molar-refractivity contribution is 6.31. The zero-order valence-corrected chi connectivity index (χ0v) is 9.35. The van der Waals surface area contributed by atoms with Crippen LogP contribution >= 0.6 is 11.6 Å². The standard InChI is InChI=1S/C8H13ClN6O/c9-6-7(10)12-8(14-13-6)15-2-1-11-5(3-15)4-16/h5,11,16H,1-4H2,(H2,10,12,14)/t5-/m1/s1. The SMILES string of the molecule is Nc1nc(N2CCN[C@@H](CO)C2)nnc1Cl. The smallest absolute Gasteiger partial charge is 0.247 e. The van der Waals surface area contributed by atoms with Crippen LogP contribution in [0, 0.1) is 0 Å². The Morgan fingerprint density at radius 1 is 1.56 bits per heavy atom. The Morgan fingerprint density at radius 3 is 3.06 bits per heavy atom. The van der Waals surface area contributed by atoms with Crippen LogP contribution < -0.4 is 16.0 Å². The molecule has 0 aliphatic carbocycles. The highest BCUT2D eigenvalue weighted by Gasteiger charge is 2.21. The largest absolute Gasteiger partial charge is 0.395 e. The van der Waals surface area contributed by atoms with Gasteiger partial charge in [0.05, 0.1) is 6.61 Å². The minimum atomic E-state index is 0.0225. The number of nitrogens with two attached hydrogens (primary N) is 1. The molecule has 1 aliphatic heterocycles. The van der Waals surface area contributed by atoms with E-state index >= 15 is 0 Å². The fourth-order valence-electron chi connectivity index (χ4n) is 1.58. The number of aliphatic hydroxyl groups is 1. The quantitative estimate of drug-likeness (QED) is 0.606. The van der Waals surface area contributed by atoms with Crippen LogP contribution in [0.1, 0.15) is 0 Å². The molecule has 8 heteroatoms. The Kier molecular flexibility index (Phi) is 3.37. The summed E-state index contributed by atoms with van der Waals surface area (Å²) in [6.07, 6.45) is 0. The molecule has 0 bridgehead atoms. The van der Waals surface area contributed by atoms with Gasteiger partial charge in [-0.2, -0.15) is 4.98 Å². The highest BCUT2D eigenvalue weighted by atomic mass is 35.5. The number of halogens is 1. The van der Waals surface area contributed by atoms with Crippen molar-refractivity contribution in [3.05, 3.63) is 5.15 Å². The van der Waals surface area contributed by atoms with Crippen molar-refractivity contribution in [2.75, 3.05) is 36.9 Å². The van der Waals surface area contributed by atoms with Crippen LogP contribution in [0.2, 0.25) is 5.15 Å². The summed E-state index contributed by atoms with van der Waals surface area (Å²) in [4.78, 5) is 5.97. The van der Waals surface area contributed by atoms with Gasteiger partial charge in [-0.1, -0.05) is 11.6 Å². The molecule has 1 saturated heterocycles. The van der Waals surface area contributed by atoms with Gasteiger partial charge < -0.3 is 21.1 Å². The molecule has 16 heavy (non-hydrogen) atoms. The molecule has 2 rings (SSSR count). The molecule has 0 unspecified atom stereocenters. The first-order valence-corrected chi connectivity index (χ1v) is 5.33. The monoisotopic (exact) mass is 244 g/mol. The molecule has 1 aliphatic rings. The van der Waals surface area contributed by atoms with Gasteiger partial charge in [-0.3, -0.25) is 0 Å². The van der Waals surface area contributed by atoms with E-state index in [2.05, 4.69) is 20.5 Å². The summed E-state index contributed by atoms with van der Waals surface area (Å²) in [5, 5.41) is 19.9.